The summed E-state index contributed by atoms with van der Waals surface area (Å²) in [4.78, 5) is 12.9. The first-order valence-electron chi connectivity index (χ1n) is 14.7. The Labute approximate surface area is 257 Å². The molecular formula is C34H50ClF2N3O2. The van der Waals surface area contributed by atoms with Gasteiger partial charge in [-0.15, -0.1) is 0 Å². The first kappa shape index (κ1) is 38.8. The molecule has 0 bridgehead atoms. The largest absolute Gasteiger partial charge is 0.515 e. The normalized spacial score (nSPS) is 16.1. The van der Waals surface area contributed by atoms with Crippen molar-refractivity contribution in [3.63, 3.8) is 0 Å². The molecule has 8 heteroatoms. The standard InChI is InChI=1S/C29H36ClF2N3O2.C3H8.C2H6/c1-6-8-24(30)26(18(3)4)20-9-11-22(12-10-20)34-19(5)27(21-13-15-29(31,32)16-14-21)35-28(37)23(17-36)25(33)7-2;1-3-2;1-2/h6,8-12,17,21,27,33-34,36H,3,5,7,13-16H2,1-2,4H3,(H,35,37);3H2,1-2H3;1-2H3/b8-6-,23-17+,26-24-,33-25?;;. The molecule has 42 heavy (non-hydrogen) atoms. The van der Waals surface area contributed by atoms with E-state index in [9.17, 15) is 18.7 Å². The highest BCUT2D eigenvalue weighted by atomic mass is 35.5. The fourth-order valence-electron chi connectivity index (χ4n) is 4.37. The van der Waals surface area contributed by atoms with Gasteiger partial charge in [0.1, 0.15) is 0 Å². The number of hydrogen-bond donors (Lipinski definition) is 4. The van der Waals surface area contributed by atoms with Crippen LogP contribution in [-0.4, -0.2) is 28.7 Å². The van der Waals surface area contributed by atoms with Gasteiger partial charge < -0.3 is 21.1 Å². The van der Waals surface area contributed by atoms with E-state index in [1.807, 2.05) is 58.0 Å². The third-order valence-corrected chi connectivity index (χ3v) is 6.72. The van der Waals surface area contributed by atoms with Gasteiger partial charge in [-0.1, -0.05) is 84.0 Å². The number of hydrogen-bond acceptors (Lipinski definition) is 4. The molecular weight excluding hydrogens is 556 g/mol. The minimum absolute atomic E-state index is 0.0268. The molecule has 0 saturated heterocycles. The maximum Gasteiger partial charge on any atom is 0.256 e. The third kappa shape index (κ3) is 12.4. The second-order valence-electron chi connectivity index (χ2n) is 9.96. The Morgan fingerprint density at radius 1 is 1.17 bits per heavy atom. The van der Waals surface area contributed by atoms with Gasteiger partial charge in [0.15, 0.2) is 0 Å². The van der Waals surface area contributed by atoms with E-state index in [1.165, 1.54) is 6.42 Å². The number of rotatable bonds is 11. The number of nitrogens with one attached hydrogen (secondary N) is 3. The number of carbonyl (C=O) groups excluding carboxylic acids is 1. The summed E-state index contributed by atoms with van der Waals surface area (Å²) in [5.41, 5.74) is 3.44. The zero-order chi connectivity index (χ0) is 32.5. The third-order valence-electron chi connectivity index (χ3n) is 6.40. The van der Waals surface area contributed by atoms with E-state index < -0.39 is 17.9 Å². The van der Waals surface area contributed by atoms with Crippen molar-refractivity contribution >= 4 is 34.5 Å². The quantitative estimate of drug-likeness (QED) is 0.0876. The summed E-state index contributed by atoms with van der Waals surface area (Å²) in [5.74, 6) is -3.65. The SMILES string of the molecule is C=C(C)/C(=C(Cl)\C=C/C)c1ccc(NC(=C)C(NC(=O)/C(=C/O)C(=N)CC)C2CCC(F)(F)CC2)cc1.CC.CCC. The Morgan fingerprint density at radius 3 is 2.12 bits per heavy atom. The molecule has 1 atom stereocenters. The monoisotopic (exact) mass is 605 g/mol. The van der Waals surface area contributed by atoms with Crippen LogP contribution in [0, 0.1) is 11.3 Å². The lowest BCUT2D eigenvalue weighted by Gasteiger charge is -2.35. The molecule has 0 spiro atoms. The van der Waals surface area contributed by atoms with Crippen molar-refractivity contribution in [3.8, 4) is 0 Å². The minimum atomic E-state index is -2.72. The molecule has 1 fully saturated rings. The number of benzene rings is 1. The van der Waals surface area contributed by atoms with Crippen LogP contribution in [0.5, 0.6) is 0 Å². The Balaban J connectivity index is 0.00000315. The highest BCUT2D eigenvalue weighted by molar-refractivity contribution is 6.35. The summed E-state index contributed by atoms with van der Waals surface area (Å²) >= 11 is 6.44. The van der Waals surface area contributed by atoms with Gasteiger partial charge in [0, 0.05) is 40.5 Å². The summed E-state index contributed by atoms with van der Waals surface area (Å²) in [5, 5.41) is 24.0. The Kier molecular flexibility index (Phi) is 18.3. The van der Waals surface area contributed by atoms with E-state index in [4.69, 9.17) is 17.0 Å². The number of carbonyl (C=O) groups is 1. The van der Waals surface area contributed by atoms with Crippen LogP contribution >= 0.6 is 11.6 Å². The number of halogens is 3. The molecule has 1 aliphatic rings. The predicted molar refractivity (Wildman–Crippen MR) is 176 cm³/mol. The van der Waals surface area contributed by atoms with Gasteiger partial charge in [-0.3, -0.25) is 4.79 Å². The van der Waals surface area contributed by atoms with Crippen LogP contribution < -0.4 is 10.6 Å². The summed E-state index contributed by atoms with van der Waals surface area (Å²) in [6, 6.07) is 6.76. The van der Waals surface area contributed by atoms with Gasteiger partial charge in [-0.2, -0.15) is 0 Å². The molecule has 4 N–H and O–H groups in total. The molecule has 0 radical (unpaired) electrons. The Hall–Kier alpha value is -3.19. The number of aliphatic hydroxyl groups is 1. The van der Waals surface area contributed by atoms with E-state index in [2.05, 4.69) is 37.6 Å². The average molecular weight is 606 g/mol. The van der Waals surface area contributed by atoms with Gasteiger partial charge in [-0.25, -0.2) is 8.78 Å². The molecule has 0 heterocycles. The molecule has 1 aliphatic carbocycles. The molecule has 1 amide bonds. The summed E-state index contributed by atoms with van der Waals surface area (Å²) in [7, 11) is 0. The predicted octanol–water partition coefficient (Wildman–Crippen LogP) is 10.3. The van der Waals surface area contributed by atoms with Crippen molar-refractivity contribution in [2.24, 2.45) is 5.92 Å². The topological polar surface area (TPSA) is 85.2 Å². The maximum atomic E-state index is 13.8. The van der Waals surface area contributed by atoms with Crippen LogP contribution in [0.25, 0.3) is 5.57 Å². The fourth-order valence-corrected chi connectivity index (χ4v) is 4.77. The van der Waals surface area contributed by atoms with E-state index in [0.29, 0.717) is 22.7 Å². The maximum absolute atomic E-state index is 13.8. The van der Waals surface area contributed by atoms with Crippen LogP contribution in [0.4, 0.5) is 14.5 Å². The highest BCUT2D eigenvalue weighted by Crippen LogP contribution is 2.39. The highest BCUT2D eigenvalue weighted by Gasteiger charge is 2.39. The second kappa shape index (κ2) is 19.8. The van der Waals surface area contributed by atoms with Gasteiger partial charge in [0.25, 0.3) is 5.91 Å². The first-order valence-corrected chi connectivity index (χ1v) is 15.1. The molecule has 1 unspecified atom stereocenters. The summed E-state index contributed by atoms with van der Waals surface area (Å²) in [6.45, 7) is 21.8. The lowest BCUT2D eigenvalue weighted by Crippen LogP contribution is -2.46. The van der Waals surface area contributed by atoms with Crippen LogP contribution in [0.1, 0.15) is 92.6 Å². The van der Waals surface area contributed by atoms with Crippen molar-refractivity contribution in [1.82, 2.24) is 5.32 Å². The lowest BCUT2D eigenvalue weighted by molar-refractivity contribution is -0.118. The van der Waals surface area contributed by atoms with Crippen molar-refractivity contribution in [1.29, 1.82) is 5.41 Å². The molecule has 1 aromatic carbocycles. The number of amides is 1. The van der Waals surface area contributed by atoms with Gasteiger partial charge >= 0.3 is 0 Å². The fraction of sp³-hybridized carbons (Fsp3) is 0.471. The number of alkyl halides is 2. The zero-order valence-electron chi connectivity index (χ0n) is 26.3. The molecule has 0 aromatic heterocycles. The molecule has 0 aliphatic heterocycles. The summed E-state index contributed by atoms with van der Waals surface area (Å²) < 4.78 is 27.7. The number of allylic oxidation sites excluding steroid dienone is 5. The van der Waals surface area contributed by atoms with Crippen molar-refractivity contribution < 1.29 is 18.7 Å². The Morgan fingerprint density at radius 2 is 1.69 bits per heavy atom. The van der Waals surface area contributed by atoms with Crippen LogP contribution in [-0.2, 0) is 4.79 Å². The van der Waals surface area contributed by atoms with Crippen LogP contribution in [0.2, 0.25) is 0 Å². The number of aliphatic hydroxyl groups excluding tert-OH is 1. The van der Waals surface area contributed by atoms with E-state index in [1.54, 1.807) is 13.0 Å². The van der Waals surface area contributed by atoms with E-state index in [0.717, 1.165) is 16.7 Å². The molecule has 1 aromatic rings. The molecule has 1 saturated carbocycles. The second-order valence-corrected chi connectivity index (χ2v) is 10.4. The first-order chi connectivity index (χ1) is 19.8. The van der Waals surface area contributed by atoms with Gasteiger partial charge in [-0.05, 0) is 68.4 Å². The summed E-state index contributed by atoms with van der Waals surface area (Å²) in [6.07, 6.45) is 5.62. The van der Waals surface area contributed by atoms with E-state index >= 15 is 0 Å². The van der Waals surface area contributed by atoms with Crippen molar-refractivity contribution in [3.05, 3.63) is 83.3 Å². The zero-order valence-corrected chi connectivity index (χ0v) is 27.1. The molecule has 5 nitrogen and oxygen atoms in total. The molecule has 234 valence electrons. The number of anilines is 1. The average Bonchev–Trinajstić information content (AvgIpc) is 2.94. The van der Waals surface area contributed by atoms with Gasteiger partial charge in [0.2, 0.25) is 5.92 Å². The minimum Gasteiger partial charge on any atom is -0.515 e. The van der Waals surface area contributed by atoms with Crippen molar-refractivity contribution in [2.45, 2.75) is 99.0 Å². The van der Waals surface area contributed by atoms with Crippen LogP contribution in [0.15, 0.2) is 77.7 Å². The smallest absolute Gasteiger partial charge is 0.256 e. The van der Waals surface area contributed by atoms with Crippen LogP contribution in [0.3, 0.4) is 0 Å². The molecule has 2 rings (SSSR count). The Bertz CT molecular complexity index is 1130. The van der Waals surface area contributed by atoms with E-state index in [-0.39, 0.29) is 49.3 Å². The van der Waals surface area contributed by atoms with Crippen molar-refractivity contribution in [2.75, 3.05) is 5.32 Å². The lowest BCUT2D eigenvalue weighted by atomic mass is 9.81. The van der Waals surface area contributed by atoms with Gasteiger partial charge in [0.05, 0.1) is 17.9 Å².